The molecule has 1 aliphatic heterocycles. The molecule has 3 nitrogen and oxygen atoms in total. The molecule has 19 heavy (non-hydrogen) atoms. The van der Waals surface area contributed by atoms with Crippen LogP contribution in [0.15, 0.2) is 18.2 Å². The van der Waals surface area contributed by atoms with Gasteiger partial charge in [-0.25, -0.2) is 9.37 Å². The summed E-state index contributed by atoms with van der Waals surface area (Å²) >= 11 is 0. The molecule has 102 valence electrons. The van der Waals surface area contributed by atoms with Gasteiger partial charge in [0.2, 0.25) is 0 Å². The van der Waals surface area contributed by atoms with E-state index in [0.717, 1.165) is 29.9 Å². The maximum atomic E-state index is 13.4. The van der Waals surface area contributed by atoms with Crippen LogP contribution in [-0.2, 0) is 0 Å². The largest absolute Gasteiger partial charge is 0.325 e. The van der Waals surface area contributed by atoms with Crippen LogP contribution in [0.3, 0.4) is 0 Å². The number of nitrogens with zero attached hydrogens (tertiary/aromatic N) is 2. The number of aromatic nitrogens is 2. The van der Waals surface area contributed by atoms with E-state index in [9.17, 15) is 4.39 Å². The van der Waals surface area contributed by atoms with Crippen molar-refractivity contribution in [2.75, 3.05) is 13.1 Å². The molecule has 2 atom stereocenters. The Morgan fingerprint density at radius 1 is 1.37 bits per heavy atom. The van der Waals surface area contributed by atoms with Gasteiger partial charge in [-0.15, -0.1) is 0 Å². The minimum atomic E-state index is -0.218. The number of halogens is 1. The monoisotopic (exact) mass is 261 g/mol. The summed E-state index contributed by atoms with van der Waals surface area (Å²) in [6.07, 6.45) is 0. The molecule has 0 spiro atoms. The lowest BCUT2D eigenvalue weighted by atomic mass is 9.97. The van der Waals surface area contributed by atoms with Crippen LogP contribution in [0.2, 0.25) is 0 Å². The highest BCUT2D eigenvalue weighted by Gasteiger charge is 2.30. The fourth-order valence-electron chi connectivity index (χ4n) is 3.05. The molecule has 0 saturated carbocycles. The zero-order chi connectivity index (χ0) is 13.6. The molecule has 2 heterocycles. The summed E-state index contributed by atoms with van der Waals surface area (Å²) in [5.41, 5.74) is 1.80. The first kappa shape index (κ1) is 12.6. The molecule has 2 unspecified atom stereocenters. The van der Waals surface area contributed by atoms with E-state index in [-0.39, 0.29) is 5.82 Å². The Morgan fingerprint density at radius 3 is 2.79 bits per heavy atom. The van der Waals surface area contributed by atoms with Crippen molar-refractivity contribution in [3.8, 4) is 0 Å². The normalized spacial score (nSPS) is 23.6. The van der Waals surface area contributed by atoms with Gasteiger partial charge in [-0.05, 0) is 38.4 Å². The van der Waals surface area contributed by atoms with Gasteiger partial charge in [0.05, 0.1) is 11.0 Å². The number of nitrogens with one attached hydrogen (secondary N) is 1. The summed E-state index contributed by atoms with van der Waals surface area (Å²) in [6, 6.07) is 5.22. The minimum Gasteiger partial charge on any atom is -0.325 e. The van der Waals surface area contributed by atoms with Gasteiger partial charge in [0.25, 0.3) is 0 Å². The second kappa shape index (κ2) is 4.60. The first-order valence-electron chi connectivity index (χ1n) is 6.96. The van der Waals surface area contributed by atoms with Crippen molar-refractivity contribution in [1.29, 1.82) is 0 Å². The molecule has 0 amide bonds. The Hall–Kier alpha value is -1.42. The van der Waals surface area contributed by atoms with E-state index in [1.54, 1.807) is 0 Å². The summed E-state index contributed by atoms with van der Waals surface area (Å²) in [6.45, 7) is 8.54. The quantitative estimate of drug-likeness (QED) is 0.900. The summed E-state index contributed by atoms with van der Waals surface area (Å²) < 4.78 is 15.6. The molecule has 1 N–H and O–H groups in total. The lowest BCUT2D eigenvalue weighted by molar-refractivity contribution is 0.492. The first-order valence-corrected chi connectivity index (χ1v) is 6.96. The molecule has 1 aromatic heterocycles. The molecule has 1 fully saturated rings. The van der Waals surface area contributed by atoms with Gasteiger partial charge in [0, 0.05) is 24.6 Å². The highest BCUT2D eigenvalue weighted by atomic mass is 19.1. The van der Waals surface area contributed by atoms with Gasteiger partial charge >= 0.3 is 0 Å². The summed E-state index contributed by atoms with van der Waals surface area (Å²) in [5, 5.41) is 3.42. The Labute approximate surface area is 112 Å². The van der Waals surface area contributed by atoms with Crippen LogP contribution in [0, 0.1) is 11.7 Å². The van der Waals surface area contributed by atoms with Crippen molar-refractivity contribution < 1.29 is 4.39 Å². The fourth-order valence-corrected chi connectivity index (χ4v) is 3.05. The highest BCUT2D eigenvalue weighted by molar-refractivity contribution is 5.76. The third-order valence-electron chi connectivity index (χ3n) is 4.04. The average Bonchev–Trinajstić information content (AvgIpc) is 2.91. The summed E-state index contributed by atoms with van der Waals surface area (Å²) in [4.78, 5) is 4.71. The zero-order valence-electron chi connectivity index (χ0n) is 11.7. The van der Waals surface area contributed by atoms with Crippen molar-refractivity contribution in [2.45, 2.75) is 32.7 Å². The lowest BCUT2D eigenvalue weighted by Gasteiger charge is -2.19. The molecule has 0 radical (unpaired) electrons. The second-order valence-corrected chi connectivity index (χ2v) is 5.81. The van der Waals surface area contributed by atoms with Gasteiger partial charge in [-0.2, -0.15) is 0 Å². The van der Waals surface area contributed by atoms with Crippen LogP contribution < -0.4 is 5.32 Å². The minimum absolute atomic E-state index is 0.218. The number of fused-ring (bicyclic) bond motifs is 1. The van der Waals surface area contributed by atoms with E-state index in [1.165, 1.54) is 12.1 Å². The zero-order valence-corrected chi connectivity index (χ0v) is 11.7. The fraction of sp³-hybridized carbons (Fsp3) is 0.533. The van der Waals surface area contributed by atoms with Gasteiger partial charge < -0.3 is 9.88 Å². The Balaban J connectivity index is 2.19. The molecule has 1 aromatic carbocycles. The van der Waals surface area contributed by atoms with E-state index < -0.39 is 0 Å². The average molecular weight is 261 g/mol. The van der Waals surface area contributed by atoms with Gasteiger partial charge in [-0.3, -0.25) is 0 Å². The van der Waals surface area contributed by atoms with Gasteiger partial charge in [0.15, 0.2) is 0 Å². The molecule has 3 rings (SSSR count). The molecular formula is C15H20FN3. The predicted octanol–water partition coefficient (Wildman–Crippen LogP) is 3.08. The van der Waals surface area contributed by atoms with E-state index in [0.29, 0.717) is 17.9 Å². The number of benzene rings is 1. The van der Waals surface area contributed by atoms with Crippen LogP contribution in [0.4, 0.5) is 4.39 Å². The third kappa shape index (κ3) is 2.04. The smallest absolute Gasteiger partial charge is 0.125 e. The van der Waals surface area contributed by atoms with Crippen molar-refractivity contribution in [2.24, 2.45) is 5.92 Å². The van der Waals surface area contributed by atoms with Crippen molar-refractivity contribution >= 4 is 11.0 Å². The van der Waals surface area contributed by atoms with Crippen molar-refractivity contribution in [3.63, 3.8) is 0 Å². The highest BCUT2D eigenvalue weighted by Crippen LogP contribution is 2.32. The van der Waals surface area contributed by atoms with E-state index >= 15 is 0 Å². The molecule has 1 aliphatic rings. The third-order valence-corrected chi connectivity index (χ3v) is 4.04. The summed E-state index contributed by atoms with van der Waals surface area (Å²) in [7, 11) is 0. The SMILES string of the molecule is CC1CNCC1c1nc2cc(F)ccc2n1C(C)C. The molecule has 2 aromatic rings. The van der Waals surface area contributed by atoms with E-state index in [2.05, 4.69) is 30.7 Å². The van der Waals surface area contributed by atoms with Crippen molar-refractivity contribution in [1.82, 2.24) is 14.9 Å². The maximum Gasteiger partial charge on any atom is 0.125 e. The maximum absolute atomic E-state index is 13.4. The standard InChI is InChI=1S/C15H20FN3/c1-9(2)19-14-5-4-11(16)6-13(14)18-15(19)12-8-17-7-10(12)3/h4-6,9-10,12,17H,7-8H2,1-3H3. The molecule has 0 aliphatic carbocycles. The molecular weight excluding hydrogens is 241 g/mol. The number of hydrogen-bond acceptors (Lipinski definition) is 2. The van der Waals surface area contributed by atoms with Crippen LogP contribution in [0.1, 0.15) is 38.6 Å². The molecule has 1 saturated heterocycles. The van der Waals surface area contributed by atoms with E-state index in [1.807, 2.05) is 6.07 Å². The van der Waals surface area contributed by atoms with Gasteiger partial charge in [0.1, 0.15) is 11.6 Å². The Bertz CT molecular complexity index is 603. The predicted molar refractivity (Wildman–Crippen MR) is 74.9 cm³/mol. The van der Waals surface area contributed by atoms with Gasteiger partial charge in [-0.1, -0.05) is 6.92 Å². The molecule has 0 bridgehead atoms. The topological polar surface area (TPSA) is 29.9 Å². The number of rotatable bonds is 2. The summed E-state index contributed by atoms with van der Waals surface area (Å²) in [5.74, 6) is 1.86. The van der Waals surface area contributed by atoms with Crippen LogP contribution in [0.5, 0.6) is 0 Å². The van der Waals surface area contributed by atoms with Crippen LogP contribution >= 0.6 is 0 Å². The second-order valence-electron chi connectivity index (χ2n) is 5.81. The lowest BCUT2D eigenvalue weighted by Crippen LogP contribution is -2.16. The Morgan fingerprint density at radius 2 is 2.16 bits per heavy atom. The first-order chi connectivity index (χ1) is 9.08. The number of imidazole rings is 1. The number of hydrogen-bond donors (Lipinski definition) is 1. The van der Waals surface area contributed by atoms with E-state index in [4.69, 9.17) is 4.98 Å². The van der Waals surface area contributed by atoms with Crippen LogP contribution in [-0.4, -0.2) is 22.6 Å². The van der Waals surface area contributed by atoms with Crippen LogP contribution in [0.25, 0.3) is 11.0 Å². The Kier molecular flexibility index (Phi) is 3.05. The molecule has 4 heteroatoms. The van der Waals surface area contributed by atoms with Crippen molar-refractivity contribution in [3.05, 3.63) is 29.8 Å².